The minimum atomic E-state index is -4.83. The van der Waals surface area contributed by atoms with Crippen molar-refractivity contribution in [3.8, 4) is 11.4 Å². The van der Waals surface area contributed by atoms with Crippen LogP contribution in [0.2, 0.25) is 0 Å². The second-order valence-electron chi connectivity index (χ2n) is 14.9. The van der Waals surface area contributed by atoms with Crippen LogP contribution in [0.25, 0.3) is 67.1 Å². The van der Waals surface area contributed by atoms with Crippen LogP contribution < -0.4 is 0 Å². The second-order valence-corrected chi connectivity index (χ2v) is 19.9. The van der Waals surface area contributed by atoms with Crippen LogP contribution in [0.4, 0.5) is 11.4 Å². The van der Waals surface area contributed by atoms with Crippen LogP contribution in [-0.4, -0.2) is 72.3 Å². The van der Waals surface area contributed by atoms with Crippen LogP contribution in [0.3, 0.4) is 0 Å². The number of azo groups is 1. The molecule has 0 bridgehead atoms. The van der Waals surface area contributed by atoms with Crippen LogP contribution >= 0.6 is 12.0 Å². The zero-order valence-corrected chi connectivity index (χ0v) is 36.2. The molecule has 0 amide bonds. The van der Waals surface area contributed by atoms with Crippen molar-refractivity contribution in [2.45, 2.75) is 26.5 Å². The van der Waals surface area contributed by atoms with Gasteiger partial charge in [0.05, 0.1) is 39.7 Å². The summed E-state index contributed by atoms with van der Waals surface area (Å²) in [4.78, 5) is 3.04. The van der Waals surface area contributed by atoms with Crippen LogP contribution in [-0.2, 0) is 39.7 Å². The number of hydrogen-bond acceptors (Lipinski definition) is 12. The van der Waals surface area contributed by atoms with E-state index in [4.69, 9.17) is 5.26 Å². The van der Waals surface area contributed by atoms with E-state index in [1.54, 1.807) is 38.3 Å². The van der Waals surface area contributed by atoms with Crippen molar-refractivity contribution in [1.29, 1.82) is 0 Å². The summed E-state index contributed by atoms with van der Waals surface area (Å²) in [7, 11) is -14.0. The van der Waals surface area contributed by atoms with E-state index in [1.165, 1.54) is 48.6 Å². The van der Waals surface area contributed by atoms with Gasteiger partial charge >= 0.3 is 0 Å². The Morgan fingerprint density at radius 2 is 1.22 bits per heavy atom. The highest BCUT2D eigenvalue weighted by Crippen LogP contribution is 2.40. The normalized spacial score (nSPS) is 13.4. The predicted octanol–water partition coefficient (Wildman–Crippen LogP) is 8.52. The maximum absolute atomic E-state index is 12.7. The number of aryl methyl sites for hydroxylation is 1. The Balaban J connectivity index is 0.862. The summed E-state index contributed by atoms with van der Waals surface area (Å²) in [5.74, 6) is 0. The lowest BCUT2D eigenvalue weighted by atomic mass is 10.1. The van der Waals surface area contributed by atoms with Crippen molar-refractivity contribution >= 4 is 110 Å². The number of aromatic nitrogens is 6. The quantitative estimate of drug-likeness (QED) is 0.0224. The molecule has 0 atom stereocenters. The average molecular weight is 953 g/mol. The first-order chi connectivity index (χ1) is 31.0. The fourth-order valence-corrected chi connectivity index (χ4v) is 10.6. The molecule has 0 saturated heterocycles. The molecule has 4 aromatic heterocycles. The first-order valence-electron chi connectivity index (χ1n) is 19.0. The van der Waals surface area contributed by atoms with Crippen LogP contribution in [0.15, 0.2) is 145 Å². The monoisotopic (exact) mass is 952 g/mol. The topological polar surface area (TPSA) is 254 Å². The van der Waals surface area contributed by atoms with Crippen LogP contribution in [0.1, 0.15) is 16.7 Å². The van der Waals surface area contributed by atoms with Gasteiger partial charge in [-0.05, 0) is 95.7 Å². The van der Waals surface area contributed by atoms with Crippen LogP contribution in [0.5, 0.6) is 0 Å². The van der Waals surface area contributed by atoms with Gasteiger partial charge in [-0.2, -0.15) is 45.1 Å². The van der Waals surface area contributed by atoms with E-state index in [2.05, 4.69) is 19.6 Å². The Morgan fingerprint density at radius 1 is 0.585 bits per heavy atom. The number of nitrogens with zero attached hydrogens (tertiary/aromatic N) is 8. The zero-order valence-electron chi connectivity index (χ0n) is 32.9. The molecule has 0 aliphatic rings. The van der Waals surface area contributed by atoms with E-state index in [-0.39, 0.29) is 21.7 Å². The number of hydrogen-bond donors (Lipinski definition) is 4. The highest BCUT2D eigenvalue weighted by Gasteiger charge is 2.30. The summed E-state index contributed by atoms with van der Waals surface area (Å²) in [6, 6.07) is 31.0. The molecule has 4 N–H and O–H groups in total. The van der Waals surface area contributed by atoms with Gasteiger partial charge in [-0.1, -0.05) is 65.7 Å². The molecule has 11 aromatic rings. The molecule has 0 spiro atoms. The molecule has 0 aliphatic carbocycles. The molecule has 7 aromatic carbocycles. The van der Waals surface area contributed by atoms with E-state index in [0.29, 0.717) is 21.7 Å². The van der Waals surface area contributed by atoms with E-state index in [9.17, 15) is 38.9 Å². The lowest BCUT2D eigenvalue weighted by Gasteiger charge is -2.08. The average Bonchev–Trinajstić information content (AvgIpc) is 4.13. The summed E-state index contributed by atoms with van der Waals surface area (Å²) >= 11 is 0.807. The van der Waals surface area contributed by atoms with Crippen molar-refractivity contribution in [2.24, 2.45) is 10.2 Å². The third kappa shape index (κ3) is 6.70. The van der Waals surface area contributed by atoms with Gasteiger partial charge in [-0.25, -0.2) is 5.26 Å². The summed E-state index contributed by atoms with van der Waals surface area (Å²) in [5.41, 5.74) is 5.83. The molecule has 0 aliphatic heterocycles. The number of rotatable bonds is 12. The Morgan fingerprint density at radius 3 is 1.89 bits per heavy atom. The van der Waals surface area contributed by atoms with Gasteiger partial charge < -0.3 is 0 Å². The summed E-state index contributed by atoms with van der Waals surface area (Å²) < 4.78 is 116. The smallest absolute Gasteiger partial charge is 0.282 e. The van der Waals surface area contributed by atoms with Gasteiger partial charge in [-0.15, -0.1) is 22.9 Å². The van der Waals surface area contributed by atoms with Crippen molar-refractivity contribution in [3.63, 3.8) is 0 Å². The SMILES string of the molecule is Cc1cc(-n2n3c4ccc5cc(S(=O)(=O)O)ccc5c4n23)ccc1N=Nc1ccc(C=Cc2ccc(-n3n4c5cc(SOOO)c6ccccc6c5n34)cc2S(=O)(=O)O)c(S(=O)(=O)O)c1. The largest absolute Gasteiger partial charge is 0.295 e. The van der Waals surface area contributed by atoms with E-state index in [1.807, 2.05) is 69.5 Å². The van der Waals surface area contributed by atoms with Gasteiger partial charge in [0.1, 0.15) is 31.9 Å². The lowest BCUT2D eigenvalue weighted by Crippen LogP contribution is -2.03. The van der Waals surface area contributed by atoms with Crippen molar-refractivity contribution in [3.05, 3.63) is 132 Å². The first-order valence-corrected chi connectivity index (χ1v) is 24.1. The first kappa shape index (κ1) is 40.9. The summed E-state index contributed by atoms with van der Waals surface area (Å²) in [5, 5.41) is 24.1. The molecule has 4 heterocycles. The second kappa shape index (κ2) is 14.3. The minimum absolute atomic E-state index is 0.00380. The Hall–Kier alpha value is -6.84. The Kier molecular flexibility index (Phi) is 9.02. The van der Waals surface area contributed by atoms with Gasteiger partial charge in [0.2, 0.25) is 0 Å². The molecule has 0 radical (unpaired) electrons. The Bertz CT molecular complexity index is 4170. The molecule has 0 unspecified atom stereocenters. The maximum atomic E-state index is 12.7. The zero-order chi connectivity index (χ0) is 45.3. The van der Waals surface area contributed by atoms with Crippen molar-refractivity contribution < 1.29 is 53.5 Å². The van der Waals surface area contributed by atoms with E-state index < -0.39 is 40.1 Å². The molecule has 0 fully saturated rings. The molecular formula is C41H28N8O12S4. The van der Waals surface area contributed by atoms with Gasteiger partial charge in [0.15, 0.2) is 0 Å². The summed E-state index contributed by atoms with van der Waals surface area (Å²) in [6.07, 6.45) is 2.58. The highest BCUT2D eigenvalue weighted by molar-refractivity contribution is 7.94. The fraction of sp³-hybridized carbons (Fsp3) is 0.0244. The maximum Gasteiger partial charge on any atom is 0.295 e. The third-order valence-corrected chi connectivity index (χ3v) is 14.4. The molecule has 0 saturated carbocycles. The molecule has 20 nitrogen and oxygen atoms in total. The van der Waals surface area contributed by atoms with Gasteiger partial charge in [-0.3, -0.25) is 13.7 Å². The molecule has 65 heavy (non-hydrogen) atoms. The standard InChI is InChI=1S/C41H28N8O12S4/c1-23-18-28(44-46-35-17-10-26-19-30(63(51,52)53)14-15-31(26)40(35)48(44)46)13-16-34(23)43-42-27-11-8-24(38(20-27)64(54,55)56)6-7-25-9-12-29(21-39(25)65(57,58)59)45-47-36-22-37(62-61-60-50)32-4-2-3-5-33(32)41(36)49(45)47/h2-22,50H,1H3,(H,51,52,53)(H,54,55,56)(H,57,58,59). The van der Waals surface area contributed by atoms with Gasteiger partial charge in [0.25, 0.3) is 30.4 Å². The van der Waals surface area contributed by atoms with Crippen LogP contribution in [0, 0.1) is 6.92 Å². The minimum Gasteiger partial charge on any atom is -0.282 e. The summed E-state index contributed by atoms with van der Waals surface area (Å²) in [6.45, 7) is 1.82. The molecular weight excluding hydrogens is 925 g/mol. The predicted molar refractivity (Wildman–Crippen MR) is 237 cm³/mol. The lowest BCUT2D eigenvalue weighted by molar-refractivity contribution is -0.432. The number of fused-ring (bicyclic) bond motifs is 12. The molecule has 11 rings (SSSR count). The molecule has 328 valence electrons. The van der Waals surface area contributed by atoms with Gasteiger partial charge in [0, 0.05) is 21.1 Å². The fourth-order valence-electron chi connectivity index (χ4n) is 8.12. The van der Waals surface area contributed by atoms with E-state index in [0.717, 1.165) is 67.6 Å². The molecule has 24 heteroatoms. The Labute approximate surface area is 369 Å². The highest BCUT2D eigenvalue weighted by atomic mass is 32.2. The number of benzene rings is 7. The third-order valence-electron chi connectivity index (χ3n) is 11.1. The van der Waals surface area contributed by atoms with Crippen molar-refractivity contribution in [2.75, 3.05) is 0 Å². The van der Waals surface area contributed by atoms with Crippen molar-refractivity contribution in [1.82, 2.24) is 28.1 Å². The van der Waals surface area contributed by atoms with E-state index >= 15 is 0 Å².